The summed E-state index contributed by atoms with van der Waals surface area (Å²) in [6, 6.07) is 7.58. The molecule has 1 saturated heterocycles. The number of carbonyl (C=O) groups excluding carboxylic acids is 2. The number of imide groups is 1. The number of nitrogens with zero attached hydrogens (tertiary/aromatic N) is 1. The maximum absolute atomic E-state index is 12.8. The summed E-state index contributed by atoms with van der Waals surface area (Å²) in [5.74, 6) is 0.422. The van der Waals surface area contributed by atoms with Crippen LogP contribution in [0.25, 0.3) is 0 Å². The fraction of sp³-hybridized carbons (Fsp3) is 0.524. The Morgan fingerprint density at radius 2 is 1.96 bits per heavy atom. The van der Waals surface area contributed by atoms with E-state index in [0.29, 0.717) is 18.6 Å². The van der Waals surface area contributed by atoms with Crippen LogP contribution in [0.1, 0.15) is 44.1 Å². The number of β-amino-alcohol motifs (C(OH)–C–C–N with tert-alkyl or cyclic N) is 1. The average molecular weight is 357 g/mol. The van der Waals surface area contributed by atoms with Crippen LogP contribution in [0, 0.1) is 5.41 Å². The van der Waals surface area contributed by atoms with Gasteiger partial charge in [0.05, 0.1) is 12.0 Å². The van der Waals surface area contributed by atoms with Crippen LogP contribution in [-0.4, -0.2) is 41.1 Å². The molecule has 0 radical (unpaired) electrons. The summed E-state index contributed by atoms with van der Waals surface area (Å²) in [5.41, 5.74) is 0.483. The molecule has 140 valence electrons. The van der Waals surface area contributed by atoms with Gasteiger partial charge in [0.2, 0.25) is 11.8 Å². The first-order valence-corrected chi connectivity index (χ1v) is 9.40. The van der Waals surface area contributed by atoms with Crippen molar-refractivity contribution in [3.63, 3.8) is 0 Å². The Morgan fingerprint density at radius 3 is 2.69 bits per heavy atom. The standard InChI is InChI=1S/C21H27NO4/c1-2-8-16-9-4-5-10-18(16)26-15-17(23)14-22-19(24)13-21(20(22)25)11-6-3-7-12-21/h2,4-5,9-10,17,23H,1,3,6-8,11-15H2. The molecule has 1 aliphatic carbocycles. The number of rotatable bonds is 7. The van der Waals surface area contributed by atoms with Gasteiger partial charge in [-0.15, -0.1) is 6.58 Å². The first-order chi connectivity index (χ1) is 12.6. The number of hydrogen-bond donors (Lipinski definition) is 1. The SMILES string of the molecule is C=CCc1ccccc1OCC(O)CN1C(=O)CC2(CCCCC2)C1=O. The van der Waals surface area contributed by atoms with Gasteiger partial charge in [0.25, 0.3) is 0 Å². The third-order valence-electron chi connectivity index (χ3n) is 5.46. The number of aliphatic hydroxyl groups is 1. The number of amides is 2. The minimum atomic E-state index is -0.904. The van der Waals surface area contributed by atoms with E-state index in [-0.39, 0.29) is 25.0 Å². The Bertz CT molecular complexity index is 678. The zero-order valence-corrected chi connectivity index (χ0v) is 15.2. The zero-order chi connectivity index (χ0) is 18.6. The van der Waals surface area contributed by atoms with Crippen molar-refractivity contribution in [2.75, 3.05) is 13.2 Å². The minimum absolute atomic E-state index is 0.00302. The van der Waals surface area contributed by atoms with E-state index in [1.54, 1.807) is 6.08 Å². The van der Waals surface area contributed by atoms with E-state index < -0.39 is 11.5 Å². The van der Waals surface area contributed by atoms with Crippen molar-refractivity contribution < 1.29 is 19.4 Å². The highest BCUT2D eigenvalue weighted by molar-refractivity contribution is 6.06. The molecule has 2 aliphatic rings. The molecule has 0 aromatic heterocycles. The summed E-state index contributed by atoms with van der Waals surface area (Å²) in [7, 11) is 0. The summed E-state index contributed by atoms with van der Waals surface area (Å²) in [4.78, 5) is 26.4. The second-order valence-electron chi connectivity index (χ2n) is 7.39. The van der Waals surface area contributed by atoms with Gasteiger partial charge < -0.3 is 9.84 Å². The molecule has 1 spiro atoms. The molecule has 2 amide bonds. The quantitative estimate of drug-likeness (QED) is 0.602. The molecule has 1 aromatic carbocycles. The van der Waals surface area contributed by atoms with E-state index in [1.807, 2.05) is 24.3 Å². The van der Waals surface area contributed by atoms with E-state index in [9.17, 15) is 14.7 Å². The van der Waals surface area contributed by atoms with Gasteiger partial charge in [-0.25, -0.2) is 0 Å². The molecule has 1 aliphatic heterocycles. The summed E-state index contributed by atoms with van der Waals surface area (Å²) in [5, 5.41) is 10.3. The fourth-order valence-corrected chi connectivity index (χ4v) is 4.08. The molecule has 26 heavy (non-hydrogen) atoms. The fourth-order valence-electron chi connectivity index (χ4n) is 4.08. The van der Waals surface area contributed by atoms with E-state index in [0.717, 1.165) is 37.7 Å². The van der Waals surface area contributed by atoms with E-state index in [4.69, 9.17) is 4.74 Å². The smallest absolute Gasteiger partial charge is 0.235 e. The van der Waals surface area contributed by atoms with Gasteiger partial charge in [0.1, 0.15) is 18.5 Å². The largest absolute Gasteiger partial charge is 0.491 e. The van der Waals surface area contributed by atoms with Crippen molar-refractivity contribution >= 4 is 11.8 Å². The molecule has 1 aromatic rings. The lowest BCUT2D eigenvalue weighted by atomic mass is 9.73. The van der Waals surface area contributed by atoms with Gasteiger partial charge in [-0.3, -0.25) is 14.5 Å². The van der Waals surface area contributed by atoms with Gasteiger partial charge in [-0.05, 0) is 30.9 Å². The highest BCUT2D eigenvalue weighted by Gasteiger charge is 2.51. The number of hydrogen-bond acceptors (Lipinski definition) is 4. The highest BCUT2D eigenvalue weighted by Crippen LogP contribution is 2.45. The second kappa shape index (κ2) is 8.04. The van der Waals surface area contributed by atoms with Gasteiger partial charge >= 0.3 is 0 Å². The maximum Gasteiger partial charge on any atom is 0.235 e. The number of aliphatic hydroxyl groups excluding tert-OH is 1. The number of allylic oxidation sites excluding steroid dienone is 1. The lowest BCUT2D eigenvalue weighted by Gasteiger charge is -2.30. The molecule has 1 unspecified atom stereocenters. The molecule has 0 bridgehead atoms. The third kappa shape index (κ3) is 3.83. The zero-order valence-electron chi connectivity index (χ0n) is 15.2. The minimum Gasteiger partial charge on any atom is -0.491 e. The van der Waals surface area contributed by atoms with Crippen molar-refractivity contribution in [1.82, 2.24) is 4.90 Å². The molecular weight excluding hydrogens is 330 g/mol. The summed E-state index contributed by atoms with van der Waals surface area (Å²) in [6.45, 7) is 3.78. The Balaban J connectivity index is 1.58. The van der Waals surface area contributed by atoms with Gasteiger partial charge in [0, 0.05) is 6.42 Å². The predicted octanol–water partition coefficient (Wildman–Crippen LogP) is 2.86. The Kier molecular flexibility index (Phi) is 5.77. The molecule has 1 atom stereocenters. The predicted molar refractivity (Wildman–Crippen MR) is 98.7 cm³/mol. The lowest BCUT2D eigenvalue weighted by Crippen LogP contribution is -2.42. The van der Waals surface area contributed by atoms with Crippen LogP contribution in [0.15, 0.2) is 36.9 Å². The number of para-hydroxylation sites is 1. The van der Waals surface area contributed by atoms with Crippen LogP contribution in [-0.2, 0) is 16.0 Å². The van der Waals surface area contributed by atoms with Crippen molar-refractivity contribution in [2.24, 2.45) is 5.41 Å². The highest BCUT2D eigenvalue weighted by atomic mass is 16.5. The van der Waals surface area contributed by atoms with Crippen molar-refractivity contribution in [1.29, 1.82) is 0 Å². The molecule has 5 heteroatoms. The monoisotopic (exact) mass is 357 g/mol. The van der Waals surface area contributed by atoms with Gasteiger partial charge in [0.15, 0.2) is 0 Å². The second-order valence-corrected chi connectivity index (χ2v) is 7.39. The Labute approximate surface area is 154 Å². The topological polar surface area (TPSA) is 66.8 Å². The van der Waals surface area contributed by atoms with Crippen LogP contribution in [0.3, 0.4) is 0 Å². The van der Waals surface area contributed by atoms with E-state index >= 15 is 0 Å². The van der Waals surface area contributed by atoms with Crippen molar-refractivity contribution in [3.05, 3.63) is 42.5 Å². The normalized spacial score (nSPS) is 20.4. The lowest BCUT2D eigenvalue weighted by molar-refractivity contribution is -0.144. The molecule has 1 N–H and O–H groups in total. The maximum atomic E-state index is 12.8. The number of ether oxygens (including phenoxy) is 1. The average Bonchev–Trinajstić information content (AvgIpc) is 2.86. The molecule has 1 heterocycles. The van der Waals surface area contributed by atoms with Crippen molar-refractivity contribution in [3.8, 4) is 5.75 Å². The van der Waals surface area contributed by atoms with Gasteiger partial charge in [-0.1, -0.05) is 43.5 Å². The van der Waals surface area contributed by atoms with Crippen LogP contribution < -0.4 is 4.74 Å². The molecule has 2 fully saturated rings. The first-order valence-electron chi connectivity index (χ1n) is 9.40. The van der Waals surface area contributed by atoms with Crippen LogP contribution in [0.4, 0.5) is 0 Å². The molecule has 5 nitrogen and oxygen atoms in total. The molecular formula is C21H27NO4. The van der Waals surface area contributed by atoms with E-state index in [2.05, 4.69) is 6.58 Å². The van der Waals surface area contributed by atoms with Crippen LogP contribution >= 0.6 is 0 Å². The third-order valence-corrected chi connectivity index (χ3v) is 5.46. The Morgan fingerprint density at radius 1 is 1.23 bits per heavy atom. The summed E-state index contributed by atoms with van der Waals surface area (Å²) >= 11 is 0. The first kappa shape index (κ1) is 18.6. The van der Waals surface area contributed by atoms with Crippen molar-refractivity contribution in [2.45, 2.75) is 51.0 Å². The van der Waals surface area contributed by atoms with Crippen LogP contribution in [0.5, 0.6) is 5.75 Å². The number of benzene rings is 1. The van der Waals surface area contributed by atoms with Crippen LogP contribution in [0.2, 0.25) is 0 Å². The molecule has 3 rings (SSSR count). The summed E-state index contributed by atoms with van der Waals surface area (Å²) < 4.78 is 5.72. The number of carbonyl (C=O) groups is 2. The number of likely N-dealkylation sites (tertiary alicyclic amines) is 1. The van der Waals surface area contributed by atoms with E-state index in [1.165, 1.54) is 4.90 Å². The molecule has 1 saturated carbocycles. The Hall–Kier alpha value is -2.14. The summed E-state index contributed by atoms with van der Waals surface area (Å²) in [6.07, 6.45) is 6.56. The van der Waals surface area contributed by atoms with Gasteiger partial charge in [-0.2, -0.15) is 0 Å².